The van der Waals surface area contributed by atoms with Crippen LogP contribution in [-0.2, 0) is 9.53 Å². The summed E-state index contributed by atoms with van der Waals surface area (Å²) in [5.41, 5.74) is 3.52. The first-order valence-electron chi connectivity index (χ1n) is 10.4. The molecule has 1 aliphatic carbocycles. The van der Waals surface area contributed by atoms with Crippen LogP contribution in [0.25, 0.3) is 11.1 Å². The lowest BCUT2D eigenvalue weighted by Crippen LogP contribution is -2.54. The summed E-state index contributed by atoms with van der Waals surface area (Å²) in [7, 11) is 4.01. The van der Waals surface area contributed by atoms with Gasteiger partial charge in [-0.15, -0.1) is 6.42 Å². The predicted molar refractivity (Wildman–Crippen MR) is 117 cm³/mol. The lowest BCUT2D eigenvalue weighted by atomic mass is 9.80. The third kappa shape index (κ3) is 3.77. The number of alkyl carbamates (subject to hydrolysis) is 1. The molecule has 6 heteroatoms. The van der Waals surface area contributed by atoms with E-state index < -0.39 is 23.5 Å². The quantitative estimate of drug-likeness (QED) is 0.577. The van der Waals surface area contributed by atoms with E-state index in [0.29, 0.717) is 17.4 Å². The molecule has 160 valence electrons. The van der Waals surface area contributed by atoms with E-state index in [1.807, 2.05) is 50.5 Å². The van der Waals surface area contributed by atoms with Gasteiger partial charge in [0, 0.05) is 12.3 Å². The topological polar surface area (TPSA) is 75.6 Å². The number of ether oxygens (including phenoxy) is 1. The highest BCUT2D eigenvalue weighted by atomic mass is 16.5. The molecule has 1 amide bonds. The van der Waals surface area contributed by atoms with Gasteiger partial charge in [0.25, 0.3) is 0 Å². The van der Waals surface area contributed by atoms with Gasteiger partial charge in [-0.05, 0) is 22.3 Å². The number of likely N-dealkylation sites (tertiary alicyclic amines) is 1. The van der Waals surface area contributed by atoms with Gasteiger partial charge in [0.05, 0.1) is 27.2 Å². The molecular weight excluding hydrogens is 392 g/mol. The summed E-state index contributed by atoms with van der Waals surface area (Å²) in [5, 5.41) is 12.4. The van der Waals surface area contributed by atoms with Crippen molar-refractivity contribution in [1.29, 1.82) is 0 Å². The second-order valence-electron chi connectivity index (χ2n) is 9.11. The van der Waals surface area contributed by atoms with Crippen molar-refractivity contribution < 1.29 is 23.9 Å². The number of carboxylic acid groups (broad SMARTS) is 1. The standard InChI is InChI=1S/C25H26N2O4/c1-4-25(13-14-27(2,3)16-25)22(23(28)29)26-24(30)31-15-21-19-11-7-5-9-17(19)18-10-6-8-12-20(18)21/h1,5-12,21-22H,13-16H2,2-3H3,(H-,26,28,29,30)/p+1/t22-,25+/m1/s1. The molecule has 0 saturated carbocycles. The Kier molecular flexibility index (Phi) is 5.24. The maximum Gasteiger partial charge on any atom is 0.407 e. The van der Waals surface area contributed by atoms with Gasteiger partial charge in [-0.3, -0.25) is 0 Å². The Balaban J connectivity index is 1.49. The molecule has 0 radical (unpaired) electrons. The smallest absolute Gasteiger partial charge is 0.407 e. The average molecular weight is 420 g/mol. The Morgan fingerprint density at radius 1 is 1.19 bits per heavy atom. The Hall–Kier alpha value is -3.30. The number of hydrogen-bond donors (Lipinski definition) is 2. The summed E-state index contributed by atoms with van der Waals surface area (Å²) in [6, 6.07) is 14.9. The Morgan fingerprint density at radius 3 is 2.26 bits per heavy atom. The highest BCUT2D eigenvalue weighted by Gasteiger charge is 2.52. The zero-order valence-electron chi connectivity index (χ0n) is 17.8. The molecule has 2 atom stereocenters. The molecule has 1 aliphatic heterocycles. The minimum absolute atomic E-state index is 0.0925. The van der Waals surface area contributed by atoms with Gasteiger partial charge < -0.3 is 19.6 Å². The number of amides is 1. The largest absolute Gasteiger partial charge is 0.480 e. The zero-order chi connectivity index (χ0) is 22.2. The van der Waals surface area contributed by atoms with Crippen LogP contribution < -0.4 is 5.32 Å². The number of aliphatic carboxylic acids is 1. The van der Waals surface area contributed by atoms with Gasteiger partial charge in [-0.2, -0.15) is 0 Å². The number of carboxylic acids is 1. The molecule has 2 aromatic carbocycles. The summed E-state index contributed by atoms with van der Waals surface area (Å²) >= 11 is 0. The van der Waals surface area contributed by atoms with Crippen molar-refractivity contribution in [3.8, 4) is 23.5 Å². The van der Waals surface area contributed by atoms with Crippen molar-refractivity contribution in [3.63, 3.8) is 0 Å². The van der Waals surface area contributed by atoms with Crippen LogP contribution >= 0.6 is 0 Å². The number of carbonyl (C=O) groups excluding carboxylic acids is 1. The number of benzene rings is 2. The first-order chi connectivity index (χ1) is 14.8. The van der Waals surface area contributed by atoms with E-state index in [-0.39, 0.29) is 12.5 Å². The van der Waals surface area contributed by atoms with Gasteiger partial charge in [0.1, 0.15) is 12.0 Å². The molecule has 1 heterocycles. The Labute approximate surface area is 182 Å². The normalized spacial score (nSPS) is 22.1. The summed E-state index contributed by atoms with van der Waals surface area (Å²) < 4.78 is 6.15. The van der Waals surface area contributed by atoms with Gasteiger partial charge in [0.2, 0.25) is 0 Å². The second-order valence-corrected chi connectivity index (χ2v) is 9.11. The van der Waals surface area contributed by atoms with Crippen LogP contribution in [0.15, 0.2) is 48.5 Å². The number of terminal acetylenes is 1. The van der Waals surface area contributed by atoms with Crippen LogP contribution in [0.1, 0.15) is 23.5 Å². The second kappa shape index (κ2) is 7.75. The molecule has 4 rings (SSSR count). The molecule has 31 heavy (non-hydrogen) atoms. The van der Waals surface area contributed by atoms with Crippen molar-refractivity contribution in [2.75, 3.05) is 33.8 Å². The molecule has 0 aromatic heterocycles. The molecule has 2 aromatic rings. The zero-order valence-corrected chi connectivity index (χ0v) is 17.8. The number of hydrogen-bond acceptors (Lipinski definition) is 3. The van der Waals surface area contributed by atoms with Crippen LogP contribution in [0.2, 0.25) is 0 Å². The van der Waals surface area contributed by atoms with Crippen molar-refractivity contribution in [2.24, 2.45) is 5.41 Å². The van der Waals surface area contributed by atoms with Crippen LogP contribution in [0.3, 0.4) is 0 Å². The first-order valence-corrected chi connectivity index (χ1v) is 10.4. The molecule has 1 saturated heterocycles. The summed E-state index contributed by atoms with van der Waals surface area (Å²) in [4.78, 5) is 24.7. The molecule has 0 bridgehead atoms. The van der Waals surface area contributed by atoms with Crippen molar-refractivity contribution >= 4 is 12.1 Å². The number of nitrogens with zero attached hydrogens (tertiary/aromatic N) is 1. The number of nitrogens with one attached hydrogen (secondary N) is 1. The van der Waals surface area contributed by atoms with Crippen LogP contribution in [0, 0.1) is 17.8 Å². The molecular formula is C25H27N2O4+. The van der Waals surface area contributed by atoms with Gasteiger partial charge in [-0.1, -0.05) is 54.5 Å². The van der Waals surface area contributed by atoms with Crippen molar-refractivity contribution in [3.05, 3.63) is 59.7 Å². The van der Waals surface area contributed by atoms with Gasteiger partial charge in [0.15, 0.2) is 6.04 Å². The minimum atomic E-state index is -1.20. The van der Waals surface area contributed by atoms with E-state index in [0.717, 1.165) is 28.8 Å². The maximum absolute atomic E-state index is 12.6. The van der Waals surface area contributed by atoms with E-state index in [1.54, 1.807) is 0 Å². The fraction of sp³-hybridized carbons (Fsp3) is 0.360. The predicted octanol–water partition coefficient (Wildman–Crippen LogP) is 3.08. The SMILES string of the molecule is C#C[C@]1([C@H](NC(=O)OCC2c3ccccc3-c3ccccc32)C(=O)O)CC[N+](C)(C)C1. The molecule has 0 spiro atoms. The van der Waals surface area contributed by atoms with Gasteiger partial charge >= 0.3 is 12.1 Å². The minimum Gasteiger partial charge on any atom is -0.480 e. The Bertz CT molecular complexity index is 1030. The van der Waals surface area contributed by atoms with E-state index in [2.05, 4.69) is 23.4 Å². The van der Waals surface area contributed by atoms with E-state index in [9.17, 15) is 14.7 Å². The fourth-order valence-electron chi connectivity index (χ4n) is 5.06. The third-order valence-electron chi connectivity index (χ3n) is 6.57. The molecule has 2 aliphatic rings. The molecule has 1 fully saturated rings. The molecule has 0 unspecified atom stereocenters. The molecule has 2 N–H and O–H groups in total. The maximum atomic E-state index is 12.6. The van der Waals surface area contributed by atoms with Gasteiger partial charge in [-0.25, -0.2) is 9.59 Å². The third-order valence-corrected chi connectivity index (χ3v) is 6.57. The molecule has 6 nitrogen and oxygen atoms in total. The number of carbonyl (C=O) groups is 2. The number of fused-ring (bicyclic) bond motifs is 3. The Morgan fingerprint density at radius 2 is 1.77 bits per heavy atom. The van der Waals surface area contributed by atoms with Crippen molar-refractivity contribution in [1.82, 2.24) is 5.32 Å². The van der Waals surface area contributed by atoms with Crippen LogP contribution in [0.4, 0.5) is 4.79 Å². The van der Waals surface area contributed by atoms with E-state index in [4.69, 9.17) is 11.2 Å². The van der Waals surface area contributed by atoms with E-state index >= 15 is 0 Å². The summed E-state index contributed by atoms with van der Waals surface area (Å²) in [6.07, 6.45) is 5.53. The van der Waals surface area contributed by atoms with Crippen LogP contribution in [-0.4, -0.2) is 61.5 Å². The average Bonchev–Trinajstić information content (AvgIpc) is 3.25. The van der Waals surface area contributed by atoms with Crippen LogP contribution in [0.5, 0.6) is 0 Å². The monoisotopic (exact) mass is 419 g/mol. The lowest BCUT2D eigenvalue weighted by molar-refractivity contribution is -0.880. The number of quaternary nitrogens is 1. The highest BCUT2D eigenvalue weighted by molar-refractivity contribution is 5.82. The summed E-state index contributed by atoms with van der Waals surface area (Å²) in [5.74, 6) is 1.44. The van der Waals surface area contributed by atoms with Crippen molar-refractivity contribution in [2.45, 2.75) is 18.4 Å². The lowest BCUT2D eigenvalue weighted by Gasteiger charge is -2.31. The highest BCUT2D eigenvalue weighted by Crippen LogP contribution is 2.44. The fourth-order valence-corrected chi connectivity index (χ4v) is 5.06. The summed E-state index contributed by atoms with van der Waals surface area (Å²) in [6.45, 7) is 1.35. The van der Waals surface area contributed by atoms with E-state index in [1.165, 1.54) is 0 Å². The number of rotatable bonds is 5. The first kappa shape index (κ1) is 21.0.